The number of aromatic nitrogens is 1. The van der Waals surface area contributed by atoms with E-state index in [9.17, 15) is 9.59 Å². The first kappa shape index (κ1) is 11.8. The van der Waals surface area contributed by atoms with E-state index in [1.54, 1.807) is 6.07 Å². The minimum Gasteiger partial charge on any atom is -0.480 e. The van der Waals surface area contributed by atoms with Crippen molar-refractivity contribution in [2.75, 3.05) is 23.7 Å². The lowest BCUT2D eigenvalue weighted by molar-refractivity contribution is -0.136. The van der Waals surface area contributed by atoms with Crippen molar-refractivity contribution in [3.8, 4) is 0 Å². The summed E-state index contributed by atoms with van der Waals surface area (Å²) < 4.78 is 0. The highest BCUT2D eigenvalue weighted by Gasteiger charge is 2.04. The molecule has 0 bridgehead atoms. The molecule has 0 aliphatic heterocycles. The standard InChI is InChI=1S/C9H11N3O4/c13-8(14)4-11-6-1-2-10-3-7(6)12-5-9(15)16/h1-3,12H,4-5H2,(H,10,11)(H,13,14)(H,15,16). The lowest BCUT2D eigenvalue weighted by atomic mass is 10.3. The maximum Gasteiger partial charge on any atom is 0.322 e. The molecule has 0 unspecified atom stereocenters. The monoisotopic (exact) mass is 225 g/mol. The third kappa shape index (κ3) is 3.82. The van der Waals surface area contributed by atoms with Crippen LogP contribution >= 0.6 is 0 Å². The number of aliphatic carboxylic acids is 2. The summed E-state index contributed by atoms with van der Waals surface area (Å²) in [6.07, 6.45) is 2.91. The van der Waals surface area contributed by atoms with Crippen LogP contribution in [0.1, 0.15) is 0 Å². The van der Waals surface area contributed by atoms with E-state index in [1.807, 2.05) is 0 Å². The van der Waals surface area contributed by atoms with E-state index in [0.717, 1.165) is 0 Å². The molecule has 1 aromatic rings. The predicted molar refractivity (Wildman–Crippen MR) is 56.5 cm³/mol. The molecule has 1 heterocycles. The number of hydrogen-bond donors (Lipinski definition) is 4. The summed E-state index contributed by atoms with van der Waals surface area (Å²) >= 11 is 0. The van der Waals surface area contributed by atoms with Crippen molar-refractivity contribution in [2.24, 2.45) is 0 Å². The maximum atomic E-state index is 10.4. The molecule has 86 valence electrons. The molecule has 7 heteroatoms. The number of nitrogens with one attached hydrogen (secondary N) is 2. The van der Waals surface area contributed by atoms with Gasteiger partial charge < -0.3 is 20.8 Å². The zero-order chi connectivity index (χ0) is 12.0. The fraction of sp³-hybridized carbons (Fsp3) is 0.222. The van der Waals surface area contributed by atoms with Gasteiger partial charge in [-0.25, -0.2) is 0 Å². The van der Waals surface area contributed by atoms with Crippen molar-refractivity contribution in [2.45, 2.75) is 0 Å². The lowest BCUT2D eigenvalue weighted by Gasteiger charge is -2.10. The average Bonchev–Trinajstić information content (AvgIpc) is 2.24. The van der Waals surface area contributed by atoms with E-state index in [1.165, 1.54) is 12.4 Å². The van der Waals surface area contributed by atoms with Crippen LogP contribution in [0.4, 0.5) is 11.4 Å². The Balaban J connectivity index is 2.67. The number of carbonyl (C=O) groups is 2. The number of pyridine rings is 1. The normalized spacial score (nSPS) is 9.50. The first-order valence-corrected chi connectivity index (χ1v) is 4.45. The molecule has 16 heavy (non-hydrogen) atoms. The second-order valence-corrected chi connectivity index (χ2v) is 2.92. The van der Waals surface area contributed by atoms with Gasteiger partial charge >= 0.3 is 11.9 Å². The van der Waals surface area contributed by atoms with Gasteiger partial charge in [-0.15, -0.1) is 0 Å². The molecule has 0 fully saturated rings. The third-order valence-electron chi connectivity index (χ3n) is 1.68. The molecule has 0 saturated carbocycles. The molecule has 1 rings (SSSR count). The summed E-state index contributed by atoms with van der Waals surface area (Å²) in [4.78, 5) is 24.5. The van der Waals surface area contributed by atoms with Crippen molar-refractivity contribution in [1.29, 1.82) is 0 Å². The van der Waals surface area contributed by atoms with Crippen molar-refractivity contribution in [3.63, 3.8) is 0 Å². The molecule has 0 amide bonds. The van der Waals surface area contributed by atoms with Crippen molar-refractivity contribution >= 4 is 23.3 Å². The Morgan fingerprint density at radius 3 is 2.25 bits per heavy atom. The van der Waals surface area contributed by atoms with Crippen molar-refractivity contribution in [3.05, 3.63) is 18.5 Å². The van der Waals surface area contributed by atoms with Crippen LogP contribution < -0.4 is 10.6 Å². The number of hydrogen-bond acceptors (Lipinski definition) is 5. The molecular weight excluding hydrogens is 214 g/mol. The fourth-order valence-corrected chi connectivity index (χ4v) is 1.03. The van der Waals surface area contributed by atoms with Crippen LogP contribution in [0, 0.1) is 0 Å². The maximum absolute atomic E-state index is 10.4. The van der Waals surface area contributed by atoms with Crippen molar-refractivity contribution in [1.82, 2.24) is 4.98 Å². The van der Waals surface area contributed by atoms with Crippen LogP contribution in [0.25, 0.3) is 0 Å². The number of anilines is 2. The van der Waals surface area contributed by atoms with Gasteiger partial charge in [0.2, 0.25) is 0 Å². The van der Waals surface area contributed by atoms with Crippen LogP contribution in [0.2, 0.25) is 0 Å². The molecular formula is C9H11N3O4. The summed E-state index contributed by atoms with van der Waals surface area (Å²) in [6, 6.07) is 1.56. The summed E-state index contributed by atoms with van der Waals surface area (Å²) in [7, 11) is 0. The molecule has 0 aliphatic rings. The number of rotatable bonds is 6. The van der Waals surface area contributed by atoms with Crippen LogP contribution in [-0.2, 0) is 9.59 Å². The second kappa shape index (κ2) is 5.54. The van der Waals surface area contributed by atoms with E-state index in [4.69, 9.17) is 10.2 Å². The summed E-state index contributed by atoms with van der Waals surface area (Å²) in [5.41, 5.74) is 0.949. The summed E-state index contributed by atoms with van der Waals surface area (Å²) in [6.45, 7) is -0.501. The first-order chi connectivity index (χ1) is 7.59. The van der Waals surface area contributed by atoms with Gasteiger partial charge in [-0.1, -0.05) is 0 Å². The van der Waals surface area contributed by atoms with E-state index in [-0.39, 0.29) is 13.1 Å². The van der Waals surface area contributed by atoms with E-state index < -0.39 is 11.9 Å². The molecule has 0 saturated heterocycles. The Bertz CT molecular complexity index is 357. The van der Waals surface area contributed by atoms with Crippen LogP contribution in [0.15, 0.2) is 18.5 Å². The predicted octanol–water partition coefficient (Wildman–Crippen LogP) is 0.0746. The highest BCUT2D eigenvalue weighted by molar-refractivity contribution is 5.79. The van der Waals surface area contributed by atoms with Crippen LogP contribution in [-0.4, -0.2) is 40.2 Å². The molecule has 0 aliphatic carbocycles. The Morgan fingerprint density at radius 2 is 1.69 bits per heavy atom. The SMILES string of the molecule is O=C(O)CNc1ccncc1NCC(=O)O. The fourth-order valence-electron chi connectivity index (χ4n) is 1.03. The highest BCUT2D eigenvalue weighted by Crippen LogP contribution is 2.18. The zero-order valence-corrected chi connectivity index (χ0v) is 8.30. The quantitative estimate of drug-likeness (QED) is 0.542. The van der Waals surface area contributed by atoms with Gasteiger partial charge in [-0.05, 0) is 6.07 Å². The topological polar surface area (TPSA) is 112 Å². The van der Waals surface area contributed by atoms with E-state index in [2.05, 4.69) is 15.6 Å². The largest absolute Gasteiger partial charge is 0.480 e. The van der Waals surface area contributed by atoms with Gasteiger partial charge in [0.15, 0.2) is 0 Å². The number of carboxylic acids is 2. The Labute approximate surface area is 91.1 Å². The first-order valence-electron chi connectivity index (χ1n) is 4.45. The van der Waals surface area contributed by atoms with Crippen molar-refractivity contribution < 1.29 is 19.8 Å². The van der Waals surface area contributed by atoms with Gasteiger partial charge in [0.1, 0.15) is 13.1 Å². The second-order valence-electron chi connectivity index (χ2n) is 2.92. The zero-order valence-electron chi connectivity index (χ0n) is 8.30. The molecule has 7 nitrogen and oxygen atoms in total. The minimum absolute atomic E-state index is 0.244. The summed E-state index contributed by atoms with van der Waals surface area (Å²) in [5.74, 6) is -2.01. The van der Waals surface area contributed by atoms with Gasteiger partial charge in [-0.2, -0.15) is 0 Å². The van der Waals surface area contributed by atoms with Crippen LogP contribution in [0.3, 0.4) is 0 Å². The van der Waals surface area contributed by atoms with Gasteiger partial charge in [-0.3, -0.25) is 14.6 Å². The van der Waals surface area contributed by atoms with Gasteiger partial charge in [0.05, 0.1) is 17.6 Å². The molecule has 0 spiro atoms. The molecule has 4 N–H and O–H groups in total. The number of carboxylic acid groups (broad SMARTS) is 2. The minimum atomic E-state index is -1.01. The van der Waals surface area contributed by atoms with Gasteiger partial charge in [0.25, 0.3) is 0 Å². The van der Waals surface area contributed by atoms with E-state index >= 15 is 0 Å². The smallest absolute Gasteiger partial charge is 0.322 e. The Morgan fingerprint density at radius 1 is 1.12 bits per heavy atom. The molecule has 0 radical (unpaired) electrons. The summed E-state index contributed by atoms with van der Waals surface area (Å²) in [5, 5.41) is 22.2. The van der Waals surface area contributed by atoms with Gasteiger partial charge in [0, 0.05) is 6.20 Å². The lowest BCUT2D eigenvalue weighted by Crippen LogP contribution is -2.16. The Kier molecular flexibility index (Phi) is 4.07. The highest BCUT2D eigenvalue weighted by atomic mass is 16.4. The average molecular weight is 225 g/mol. The molecule has 1 aromatic heterocycles. The molecule has 0 aromatic carbocycles. The number of nitrogens with zero attached hydrogens (tertiary/aromatic N) is 1. The van der Waals surface area contributed by atoms with E-state index in [0.29, 0.717) is 11.4 Å². The van der Waals surface area contributed by atoms with Crippen LogP contribution in [0.5, 0.6) is 0 Å². The molecule has 0 atom stereocenters. The third-order valence-corrected chi connectivity index (χ3v) is 1.68. The Hall–Kier alpha value is -2.31.